The fourth-order valence-electron chi connectivity index (χ4n) is 7.21. The van der Waals surface area contributed by atoms with Crippen molar-refractivity contribution in [1.82, 2.24) is 23.8 Å². The van der Waals surface area contributed by atoms with Crippen LogP contribution in [0.2, 0.25) is 0 Å². The van der Waals surface area contributed by atoms with E-state index in [9.17, 15) is 0 Å². The van der Waals surface area contributed by atoms with E-state index >= 15 is 0 Å². The quantitative estimate of drug-likeness (QED) is 0.373. The summed E-state index contributed by atoms with van der Waals surface area (Å²) in [5.41, 5.74) is 1.21. The maximum absolute atomic E-state index is 7.28. The van der Waals surface area contributed by atoms with Crippen LogP contribution in [-0.2, 0) is 6.54 Å². The molecule has 9 nitrogen and oxygen atoms in total. The summed E-state index contributed by atoms with van der Waals surface area (Å²) in [5.74, 6) is 0.997. The van der Waals surface area contributed by atoms with Crippen molar-refractivity contribution < 1.29 is 4.52 Å². The van der Waals surface area contributed by atoms with Crippen molar-refractivity contribution in [2.75, 3.05) is 52.4 Å². The molecule has 8 rings (SSSR count). The van der Waals surface area contributed by atoms with Crippen molar-refractivity contribution in [3.8, 4) is 5.75 Å². The molecule has 0 saturated carbocycles. The lowest BCUT2D eigenvalue weighted by Gasteiger charge is -2.47. The van der Waals surface area contributed by atoms with Gasteiger partial charge in [0, 0.05) is 69.9 Å². The van der Waals surface area contributed by atoms with E-state index in [0.717, 1.165) is 64.7 Å². The van der Waals surface area contributed by atoms with Gasteiger partial charge in [0.25, 0.3) is 0 Å². The number of fused-ring (bicyclic) bond motifs is 3. The van der Waals surface area contributed by atoms with Gasteiger partial charge < -0.3 is 4.52 Å². The average molecular weight is 587 g/mol. The summed E-state index contributed by atoms with van der Waals surface area (Å²) in [6, 6.07) is 13.1. The highest BCUT2D eigenvalue weighted by Crippen LogP contribution is 2.82. The van der Waals surface area contributed by atoms with Gasteiger partial charge in [-0.15, -0.1) is 0 Å². The lowest BCUT2D eigenvalue weighted by atomic mass is 10.1. The Morgan fingerprint density at radius 1 is 0.590 bits per heavy atom. The van der Waals surface area contributed by atoms with Crippen LogP contribution in [0.3, 0.4) is 0 Å². The summed E-state index contributed by atoms with van der Waals surface area (Å²) < 4.78 is 36.0. The lowest BCUT2D eigenvalue weighted by molar-refractivity contribution is 0.448. The molecular formula is C27H41N8OP3. The first kappa shape index (κ1) is 25.7. The summed E-state index contributed by atoms with van der Waals surface area (Å²) in [6.45, 7) is 9.50. The van der Waals surface area contributed by atoms with Gasteiger partial charge in [0.05, 0.1) is 0 Å². The summed E-state index contributed by atoms with van der Waals surface area (Å²) in [4.78, 5) is 0. The monoisotopic (exact) mass is 586 g/mol. The summed E-state index contributed by atoms with van der Waals surface area (Å²) >= 11 is 0. The van der Waals surface area contributed by atoms with E-state index in [1.165, 1.54) is 67.7 Å². The van der Waals surface area contributed by atoms with Crippen LogP contribution >= 0.6 is 22.6 Å². The van der Waals surface area contributed by atoms with Crippen LogP contribution < -0.4 is 9.61 Å². The highest BCUT2D eigenvalue weighted by Gasteiger charge is 2.51. The Hall–Kier alpha value is -1.01. The molecule has 12 heteroatoms. The zero-order chi connectivity index (χ0) is 25.9. The fourth-order valence-corrected chi connectivity index (χ4v) is 21.8. The minimum Gasteiger partial charge on any atom is -0.430 e. The first-order valence-corrected chi connectivity index (χ1v) is 19.9. The maximum Gasteiger partial charge on any atom is 0.331 e. The number of hydrogen-bond acceptors (Lipinski definition) is 9. The molecule has 6 aliphatic heterocycles. The third kappa shape index (κ3) is 4.19. The van der Waals surface area contributed by atoms with Crippen LogP contribution in [0.15, 0.2) is 49.9 Å². The fraction of sp³-hybridized carbons (Fsp3) is 0.630. The molecule has 6 aliphatic rings. The molecule has 0 radical (unpaired) electrons. The number of hydrogen-bond donors (Lipinski definition) is 1. The molecule has 4 fully saturated rings. The largest absolute Gasteiger partial charge is 0.430 e. The van der Waals surface area contributed by atoms with Gasteiger partial charge in [-0.05, 0) is 56.8 Å². The molecule has 0 amide bonds. The molecule has 6 heterocycles. The van der Waals surface area contributed by atoms with Crippen molar-refractivity contribution in [3.63, 3.8) is 0 Å². The molecule has 210 valence electrons. The molecule has 0 aromatic heterocycles. The van der Waals surface area contributed by atoms with E-state index in [0.29, 0.717) is 0 Å². The second-order valence-electron chi connectivity index (χ2n) is 11.7. The molecule has 0 aliphatic carbocycles. The van der Waals surface area contributed by atoms with Crippen LogP contribution in [0.4, 0.5) is 0 Å². The highest BCUT2D eigenvalue weighted by molar-refractivity contribution is 7.82. The Balaban J connectivity index is 1.41. The second kappa shape index (κ2) is 10.1. The molecule has 1 unspecified atom stereocenters. The maximum atomic E-state index is 7.28. The third-order valence-electron chi connectivity index (χ3n) is 9.23. The predicted octanol–water partition coefficient (Wildman–Crippen LogP) is 7.56. The first-order valence-electron chi connectivity index (χ1n) is 15.1. The lowest BCUT2D eigenvalue weighted by Crippen LogP contribution is -2.34. The molecule has 2 aromatic rings. The summed E-state index contributed by atoms with van der Waals surface area (Å²) in [6.07, 6.45) is 9.92. The molecule has 0 bridgehead atoms. The second-order valence-corrected chi connectivity index (χ2v) is 19.9. The Labute approximate surface area is 232 Å². The Morgan fingerprint density at radius 3 is 1.67 bits per heavy atom. The molecule has 39 heavy (non-hydrogen) atoms. The zero-order valence-electron chi connectivity index (χ0n) is 22.9. The Kier molecular flexibility index (Phi) is 6.63. The van der Waals surface area contributed by atoms with E-state index in [1.54, 1.807) is 0 Å². The average Bonchev–Trinajstić information content (AvgIpc) is 3.80. The van der Waals surface area contributed by atoms with Crippen molar-refractivity contribution in [3.05, 3.63) is 42.0 Å². The normalized spacial score (nSPS) is 31.2. The Bertz CT molecular complexity index is 1360. The van der Waals surface area contributed by atoms with E-state index in [2.05, 4.69) is 60.2 Å². The van der Waals surface area contributed by atoms with E-state index < -0.39 is 22.6 Å². The SMILES string of the molecule is c1ccc2c3c(ccc2c1)CNP1(=NP(N2CCCC2)(N2CCCC2)=NP(N2CCCC2)(N2CCCC2)=N1)O3. The van der Waals surface area contributed by atoms with Gasteiger partial charge in [-0.3, -0.25) is 0 Å². The van der Waals surface area contributed by atoms with Crippen LogP contribution in [0, 0.1) is 0 Å². The minimum absolute atomic E-state index is 0.751. The predicted molar refractivity (Wildman–Crippen MR) is 163 cm³/mol. The van der Waals surface area contributed by atoms with Gasteiger partial charge in [-0.2, -0.15) is 13.5 Å². The molecular weight excluding hydrogens is 545 g/mol. The molecule has 4 saturated heterocycles. The van der Waals surface area contributed by atoms with Crippen molar-refractivity contribution in [2.24, 2.45) is 13.5 Å². The van der Waals surface area contributed by atoms with E-state index in [-0.39, 0.29) is 0 Å². The van der Waals surface area contributed by atoms with Gasteiger partial charge in [-0.1, -0.05) is 36.4 Å². The van der Waals surface area contributed by atoms with E-state index in [1.807, 2.05) is 0 Å². The summed E-state index contributed by atoms with van der Waals surface area (Å²) in [5, 5.41) is 6.31. The van der Waals surface area contributed by atoms with E-state index in [4.69, 9.17) is 18.1 Å². The topological polar surface area (TPSA) is 71.3 Å². The molecule has 1 atom stereocenters. The van der Waals surface area contributed by atoms with Crippen LogP contribution in [0.25, 0.3) is 10.8 Å². The molecule has 1 N–H and O–H groups in total. The number of rotatable bonds is 4. The highest BCUT2D eigenvalue weighted by atomic mass is 31.3. The van der Waals surface area contributed by atoms with Crippen molar-refractivity contribution in [2.45, 2.75) is 57.9 Å². The first-order chi connectivity index (χ1) is 19.2. The van der Waals surface area contributed by atoms with Gasteiger partial charge in [0.1, 0.15) is 5.75 Å². The number of benzene rings is 2. The number of nitrogens with zero attached hydrogens (tertiary/aromatic N) is 7. The summed E-state index contributed by atoms with van der Waals surface area (Å²) in [7, 11) is -7.47. The molecule has 1 spiro atoms. The zero-order valence-corrected chi connectivity index (χ0v) is 25.5. The third-order valence-corrected chi connectivity index (χ3v) is 20.6. The van der Waals surface area contributed by atoms with Crippen molar-refractivity contribution in [1.29, 1.82) is 0 Å². The van der Waals surface area contributed by atoms with Gasteiger partial charge in [0.2, 0.25) is 15.0 Å². The van der Waals surface area contributed by atoms with Gasteiger partial charge in [0.15, 0.2) is 0 Å². The standard InChI is InChI=1S/C27H41N8OP3/c1-2-12-26-24(11-1)13-14-25-23-28-37(36-27(25)26)29-38(32-15-3-4-16-32,33-17-5-6-18-33)31-39(30-37,34-19-7-8-20-34)35-21-9-10-22-35/h1-2,11-14,28H,3-10,15-23H2. The smallest absolute Gasteiger partial charge is 0.331 e. The van der Waals surface area contributed by atoms with Crippen LogP contribution in [-0.4, -0.2) is 71.0 Å². The Morgan fingerprint density at radius 2 is 1.10 bits per heavy atom. The van der Waals surface area contributed by atoms with Crippen LogP contribution in [0.5, 0.6) is 5.75 Å². The molecule has 2 aromatic carbocycles. The minimum atomic E-state index is -2.74. The van der Waals surface area contributed by atoms with Crippen molar-refractivity contribution >= 4 is 33.4 Å². The number of nitrogens with one attached hydrogen (secondary N) is 1. The van der Waals surface area contributed by atoms with Gasteiger partial charge >= 0.3 is 7.58 Å². The van der Waals surface area contributed by atoms with Crippen LogP contribution in [0.1, 0.15) is 56.9 Å². The van der Waals surface area contributed by atoms with Gasteiger partial charge in [-0.25, -0.2) is 23.8 Å².